The Hall–Kier alpha value is -0.893. The van der Waals surface area contributed by atoms with Crippen molar-refractivity contribution < 1.29 is 4.39 Å². The molecule has 0 amide bonds. The summed E-state index contributed by atoms with van der Waals surface area (Å²) < 4.78 is 14.5. The lowest BCUT2D eigenvalue weighted by molar-refractivity contribution is 0.392. The molecule has 1 unspecified atom stereocenters. The first-order chi connectivity index (χ1) is 8.54. The summed E-state index contributed by atoms with van der Waals surface area (Å²) in [6.45, 7) is 10.3. The average Bonchev–Trinajstić information content (AvgIpc) is 2.38. The van der Waals surface area contributed by atoms with E-state index in [-0.39, 0.29) is 0 Å². The first-order valence-electron chi connectivity index (χ1n) is 6.90. The maximum Gasteiger partial charge on any atom is 0.120 e. The lowest BCUT2D eigenvalue weighted by Crippen LogP contribution is -2.51. The summed E-state index contributed by atoms with van der Waals surface area (Å²) in [6, 6.07) is 8.12. The van der Waals surface area contributed by atoms with Crippen LogP contribution in [-0.4, -0.2) is 13.9 Å². The van der Waals surface area contributed by atoms with Crippen LogP contribution in [0.5, 0.6) is 0 Å². The minimum absolute atomic E-state index is 0.662. The summed E-state index contributed by atoms with van der Waals surface area (Å²) in [6.07, 6.45) is 5.84. The van der Waals surface area contributed by atoms with E-state index in [1.54, 1.807) is 0 Å². The number of halogens is 1. The summed E-state index contributed by atoms with van der Waals surface area (Å²) in [7, 11) is -2.04. The van der Waals surface area contributed by atoms with Gasteiger partial charge in [0.1, 0.15) is 8.07 Å². The molecule has 18 heavy (non-hydrogen) atoms. The molecule has 1 aromatic rings. The Morgan fingerprint density at radius 3 is 2.56 bits per heavy atom. The van der Waals surface area contributed by atoms with Gasteiger partial charge in [-0.25, -0.2) is 0 Å². The van der Waals surface area contributed by atoms with Crippen molar-refractivity contribution >= 4 is 19.3 Å². The van der Waals surface area contributed by atoms with Crippen molar-refractivity contribution in [2.75, 3.05) is 0 Å². The second kappa shape index (κ2) is 6.88. The highest BCUT2D eigenvalue weighted by molar-refractivity contribution is 6.91. The second-order valence-corrected chi connectivity index (χ2v) is 10.1. The number of alkyl halides is 1. The fraction of sp³-hybridized carbons (Fsp3) is 0.500. The Morgan fingerprint density at radius 2 is 1.94 bits per heavy atom. The first kappa shape index (κ1) is 15.2. The molecule has 1 aromatic carbocycles. The molecule has 0 N–H and O–H groups in total. The van der Waals surface area contributed by atoms with E-state index in [0.29, 0.717) is 6.42 Å². The van der Waals surface area contributed by atoms with Crippen molar-refractivity contribution in [3.8, 4) is 0 Å². The topological polar surface area (TPSA) is 0 Å². The first-order valence-corrected chi connectivity index (χ1v) is 9.97. The van der Waals surface area contributed by atoms with E-state index in [1.807, 2.05) is 24.3 Å². The van der Waals surface area contributed by atoms with Gasteiger partial charge in [0, 0.05) is 0 Å². The fourth-order valence-electron chi connectivity index (χ4n) is 2.36. The van der Waals surface area contributed by atoms with Crippen LogP contribution < -0.4 is 5.19 Å². The Balaban J connectivity index is 2.86. The van der Waals surface area contributed by atoms with E-state index in [0.717, 1.165) is 24.8 Å². The summed E-state index contributed by atoms with van der Waals surface area (Å²) in [5.74, 6) is -0.662. The molecule has 2 heteroatoms. The molecule has 0 saturated heterocycles. The van der Waals surface area contributed by atoms with E-state index in [9.17, 15) is 4.39 Å². The zero-order valence-electron chi connectivity index (χ0n) is 11.9. The normalized spacial score (nSPS) is 13.3. The largest absolute Gasteiger partial charge is 0.251 e. The molecule has 0 aliphatic carbocycles. The maximum atomic E-state index is 14.5. The number of hydrogen-bond acceptors (Lipinski definition) is 0. The standard InChI is InChI=1S/C16H25FSi/c1-5-7-8-13-16(17)18(3,4)15-12-10-9-11-14(15)6-2/h6,9-12,16H,2,5,7-8,13H2,1,3-4H3. The predicted molar refractivity (Wildman–Crippen MR) is 82.7 cm³/mol. The smallest absolute Gasteiger partial charge is 0.120 e. The Morgan fingerprint density at radius 1 is 1.28 bits per heavy atom. The molecule has 0 saturated carbocycles. The van der Waals surface area contributed by atoms with Crippen LogP contribution in [0.3, 0.4) is 0 Å². The number of hydrogen-bond donors (Lipinski definition) is 0. The molecule has 1 atom stereocenters. The van der Waals surface area contributed by atoms with Gasteiger partial charge in [0.2, 0.25) is 0 Å². The van der Waals surface area contributed by atoms with Crippen LogP contribution in [-0.2, 0) is 0 Å². The van der Waals surface area contributed by atoms with Crippen molar-refractivity contribution in [3.63, 3.8) is 0 Å². The molecular weight excluding hydrogens is 239 g/mol. The zero-order chi connectivity index (χ0) is 13.6. The van der Waals surface area contributed by atoms with E-state index in [1.165, 1.54) is 5.19 Å². The quantitative estimate of drug-likeness (QED) is 0.494. The van der Waals surface area contributed by atoms with Gasteiger partial charge in [0.05, 0.1) is 5.79 Å². The zero-order valence-corrected chi connectivity index (χ0v) is 12.9. The molecular formula is C16H25FSi. The Kier molecular flexibility index (Phi) is 5.80. The van der Waals surface area contributed by atoms with Crippen LogP contribution in [0, 0.1) is 0 Å². The van der Waals surface area contributed by atoms with Gasteiger partial charge in [-0.15, -0.1) is 0 Å². The van der Waals surface area contributed by atoms with Gasteiger partial charge >= 0.3 is 0 Å². The molecule has 0 bridgehead atoms. The molecule has 0 fully saturated rings. The van der Waals surface area contributed by atoms with Crippen LogP contribution in [0.25, 0.3) is 6.08 Å². The number of rotatable bonds is 7. The van der Waals surface area contributed by atoms with Crippen molar-refractivity contribution in [1.29, 1.82) is 0 Å². The van der Waals surface area contributed by atoms with Gasteiger partial charge < -0.3 is 0 Å². The van der Waals surface area contributed by atoms with Crippen LogP contribution in [0.4, 0.5) is 4.39 Å². The molecule has 100 valence electrons. The molecule has 0 aliphatic rings. The molecule has 0 spiro atoms. The molecule has 0 aliphatic heterocycles. The van der Waals surface area contributed by atoms with Crippen molar-refractivity contribution in [2.24, 2.45) is 0 Å². The summed E-state index contributed by atoms with van der Waals surface area (Å²) in [5, 5.41) is 1.20. The molecule has 1 rings (SSSR count). The summed E-state index contributed by atoms with van der Waals surface area (Å²) >= 11 is 0. The molecule has 0 heterocycles. The highest BCUT2D eigenvalue weighted by Gasteiger charge is 2.34. The Labute approximate surface area is 112 Å². The second-order valence-electron chi connectivity index (χ2n) is 5.48. The van der Waals surface area contributed by atoms with Gasteiger partial charge in [-0.3, -0.25) is 4.39 Å². The van der Waals surface area contributed by atoms with Crippen LogP contribution in [0.1, 0.15) is 38.2 Å². The average molecular weight is 264 g/mol. The van der Waals surface area contributed by atoms with Crippen LogP contribution in [0.2, 0.25) is 13.1 Å². The van der Waals surface area contributed by atoms with Gasteiger partial charge in [-0.2, -0.15) is 0 Å². The maximum absolute atomic E-state index is 14.5. The number of benzene rings is 1. The monoisotopic (exact) mass is 264 g/mol. The van der Waals surface area contributed by atoms with Gasteiger partial charge in [0.15, 0.2) is 0 Å². The van der Waals surface area contributed by atoms with E-state index < -0.39 is 13.9 Å². The highest BCUT2D eigenvalue weighted by atomic mass is 28.3. The lowest BCUT2D eigenvalue weighted by atomic mass is 10.2. The highest BCUT2D eigenvalue weighted by Crippen LogP contribution is 2.20. The minimum Gasteiger partial charge on any atom is -0.251 e. The van der Waals surface area contributed by atoms with Crippen LogP contribution >= 0.6 is 0 Å². The van der Waals surface area contributed by atoms with Crippen molar-refractivity contribution in [1.82, 2.24) is 0 Å². The van der Waals surface area contributed by atoms with Crippen molar-refractivity contribution in [2.45, 2.75) is 51.5 Å². The SMILES string of the molecule is C=Cc1ccccc1[Si](C)(C)C(F)CCCCC. The van der Waals surface area contributed by atoms with Gasteiger partial charge in [0.25, 0.3) is 0 Å². The van der Waals surface area contributed by atoms with E-state index in [4.69, 9.17) is 0 Å². The molecule has 0 aromatic heterocycles. The minimum atomic E-state index is -2.04. The predicted octanol–water partition coefficient (Wildman–Crippen LogP) is 4.70. The van der Waals surface area contributed by atoms with E-state index >= 15 is 0 Å². The van der Waals surface area contributed by atoms with Gasteiger partial charge in [-0.1, -0.05) is 76.2 Å². The summed E-state index contributed by atoms with van der Waals surface area (Å²) in [4.78, 5) is 0. The van der Waals surface area contributed by atoms with E-state index in [2.05, 4.69) is 32.7 Å². The summed E-state index contributed by atoms with van der Waals surface area (Å²) in [5.41, 5.74) is 1.10. The number of unbranched alkanes of at least 4 members (excludes halogenated alkanes) is 2. The molecule has 0 radical (unpaired) electrons. The van der Waals surface area contributed by atoms with Crippen molar-refractivity contribution in [3.05, 3.63) is 36.4 Å². The third-order valence-electron chi connectivity index (χ3n) is 3.72. The third kappa shape index (κ3) is 3.55. The van der Waals surface area contributed by atoms with Gasteiger partial charge in [-0.05, 0) is 17.2 Å². The Bertz CT molecular complexity index is 384. The lowest BCUT2D eigenvalue weighted by Gasteiger charge is -2.28. The molecule has 0 nitrogen and oxygen atoms in total. The third-order valence-corrected chi connectivity index (χ3v) is 7.42. The fourth-order valence-corrected chi connectivity index (χ4v) is 5.08. The van der Waals surface area contributed by atoms with Crippen LogP contribution in [0.15, 0.2) is 30.8 Å².